The molecule has 0 bridgehead atoms. The van der Waals surface area contributed by atoms with Crippen molar-refractivity contribution in [2.24, 2.45) is 0 Å². The van der Waals surface area contributed by atoms with Gasteiger partial charge in [0.05, 0.1) is 0 Å². The average molecular weight is 93.0 g/mol. The number of rotatable bonds is 0. The van der Waals surface area contributed by atoms with Crippen molar-refractivity contribution in [3.05, 3.63) is 0 Å². The third-order valence-electron chi connectivity index (χ3n) is 0.362. The molecule has 0 saturated carbocycles. The second-order valence-corrected chi connectivity index (χ2v) is 0.786. The van der Waals surface area contributed by atoms with Crippen LogP contribution >= 0.6 is 0 Å². The molecule has 1 heterocycles. The summed E-state index contributed by atoms with van der Waals surface area (Å²) in [6.07, 6.45) is 0. The first-order chi connectivity index (χ1) is 2.89. The van der Waals surface area contributed by atoms with Gasteiger partial charge in [0.15, 0.2) is 0 Å². The zero-order valence-corrected chi connectivity index (χ0v) is 2.92. The first-order valence-corrected chi connectivity index (χ1v) is 1.39. The summed E-state index contributed by atoms with van der Waals surface area (Å²) in [6.45, 7) is 0. The van der Waals surface area contributed by atoms with E-state index >= 15 is 0 Å². The van der Waals surface area contributed by atoms with Gasteiger partial charge in [-0.2, -0.15) is 0 Å². The van der Waals surface area contributed by atoms with Crippen molar-refractivity contribution in [1.29, 1.82) is 0 Å². The monoisotopic (exact) mass is 93.1 g/mol. The van der Waals surface area contributed by atoms with Crippen molar-refractivity contribution in [3.63, 3.8) is 0 Å². The normalized spacial score (nSPS) is 7.43. The van der Waals surface area contributed by atoms with E-state index in [4.69, 9.17) is 5.73 Å². The molecule has 7 heavy (non-hydrogen) atoms. The van der Waals surface area contributed by atoms with E-state index in [1.165, 1.54) is 0 Å². The van der Waals surface area contributed by atoms with Gasteiger partial charge in [-0.05, 0) is 10.4 Å². The molecule has 0 spiro atoms. The molecule has 0 radical (unpaired) electrons. The molecule has 3 N–H and O–H groups in total. The second kappa shape index (κ2) is 2.61. The van der Waals surface area contributed by atoms with Gasteiger partial charge in [-0.1, -0.05) is 5.10 Å². The van der Waals surface area contributed by atoms with Crippen molar-refractivity contribution >= 4 is 24.8 Å². The van der Waals surface area contributed by atoms with Crippen LogP contribution in [-0.4, -0.2) is 39.5 Å². The zero-order chi connectivity index (χ0) is 4.41. The first kappa shape index (κ1) is 6.47. The van der Waals surface area contributed by atoms with Crippen LogP contribution in [0.25, 0.3) is 0 Å². The van der Waals surface area contributed by atoms with E-state index in [9.17, 15) is 0 Å². The molecule has 0 unspecified atom stereocenters. The summed E-state index contributed by atoms with van der Waals surface area (Å²) >= 11 is 0. The molecule has 0 aromatic carbocycles. The number of nitrogens with zero attached hydrogens (tertiary/aromatic N) is 3. The topological polar surface area (TPSA) is 80.5 Å². The number of aromatic nitrogens is 4. The molecule has 1 rings (SSSR count). The van der Waals surface area contributed by atoms with E-state index in [-0.39, 0.29) is 24.8 Å². The van der Waals surface area contributed by atoms with Gasteiger partial charge < -0.3 is 5.73 Å². The predicted molar refractivity (Wildman–Crippen MR) is 25.7 cm³/mol. The molecule has 0 aliphatic heterocycles. The van der Waals surface area contributed by atoms with Gasteiger partial charge in [-0.25, -0.2) is 5.10 Å². The summed E-state index contributed by atoms with van der Waals surface area (Å²) in [6, 6.07) is 0. The van der Waals surface area contributed by atoms with E-state index < -0.39 is 0 Å². The van der Waals surface area contributed by atoms with Crippen LogP contribution in [0.2, 0.25) is 0 Å². The van der Waals surface area contributed by atoms with Crippen LogP contribution in [-0.2, 0) is 0 Å². The number of nitrogens with one attached hydrogen (secondary N) is 1. The Morgan fingerprint density at radius 1 is 1.57 bits per heavy atom. The summed E-state index contributed by atoms with van der Waals surface area (Å²) < 4.78 is 0. The maximum absolute atomic E-state index is 4.99. The minimum atomic E-state index is 0. The summed E-state index contributed by atoms with van der Waals surface area (Å²) in [5, 5.41) is 11.9. The van der Waals surface area contributed by atoms with Gasteiger partial charge in [0.1, 0.15) is 0 Å². The Bertz CT molecular complexity index is 112. The molecule has 0 fully saturated rings. The summed E-state index contributed by atoms with van der Waals surface area (Å²) in [4.78, 5) is 0. The van der Waals surface area contributed by atoms with Crippen LogP contribution in [0.4, 0.5) is 5.95 Å². The molecule has 34 valence electrons. The number of hydrogen-bond acceptors (Lipinski definition) is 4. The number of hydrogen-bond donors (Lipinski definition) is 2. The molecule has 1 aromatic heterocycles. The molecular formula is CH4LiN5. The Balaban J connectivity index is 0.000000360. The fourth-order valence-electron chi connectivity index (χ4n) is 0.166. The summed E-state index contributed by atoms with van der Waals surface area (Å²) in [5.74, 6) is 0.245. The molecular weight excluding hydrogens is 89.0 g/mol. The fourth-order valence-corrected chi connectivity index (χ4v) is 0.166. The first-order valence-electron chi connectivity index (χ1n) is 1.39. The Labute approximate surface area is 51.8 Å². The molecule has 5 nitrogen and oxygen atoms in total. The van der Waals surface area contributed by atoms with Crippen molar-refractivity contribution in [2.75, 3.05) is 5.73 Å². The van der Waals surface area contributed by atoms with Gasteiger partial charge >= 0.3 is 18.9 Å². The van der Waals surface area contributed by atoms with Crippen molar-refractivity contribution in [2.45, 2.75) is 0 Å². The number of aromatic amines is 1. The van der Waals surface area contributed by atoms with Crippen LogP contribution < -0.4 is 5.73 Å². The molecule has 6 heteroatoms. The SMILES string of the molecule is Nc1nnn[nH]1.[LiH]. The maximum atomic E-state index is 4.99. The number of tetrazole rings is 1. The molecule has 0 saturated heterocycles. The van der Waals surface area contributed by atoms with Gasteiger partial charge in [-0.15, -0.1) is 0 Å². The van der Waals surface area contributed by atoms with Gasteiger partial charge in [0, 0.05) is 0 Å². The minimum absolute atomic E-state index is 0. The Kier molecular flexibility index (Phi) is 2.41. The molecule has 1 aromatic rings. The quantitative estimate of drug-likeness (QED) is 0.368. The second-order valence-electron chi connectivity index (χ2n) is 0.786. The number of nitrogen functional groups attached to an aromatic ring is 1. The number of nitrogens with two attached hydrogens (primary N) is 1. The zero-order valence-electron chi connectivity index (χ0n) is 2.92. The van der Waals surface area contributed by atoms with E-state index in [2.05, 4.69) is 20.6 Å². The Morgan fingerprint density at radius 3 is 2.43 bits per heavy atom. The van der Waals surface area contributed by atoms with Crippen molar-refractivity contribution < 1.29 is 0 Å². The van der Waals surface area contributed by atoms with Crippen LogP contribution in [0.5, 0.6) is 0 Å². The number of anilines is 1. The molecule has 0 atom stereocenters. The van der Waals surface area contributed by atoms with E-state index in [0.717, 1.165) is 0 Å². The van der Waals surface area contributed by atoms with Crippen molar-refractivity contribution in [3.8, 4) is 0 Å². The van der Waals surface area contributed by atoms with Crippen molar-refractivity contribution in [1.82, 2.24) is 20.6 Å². The number of H-pyrrole nitrogens is 1. The van der Waals surface area contributed by atoms with Gasteiger partial charge in [0.25, 0.3) is 0 Å². The van der Waals surface area contributed by atoms with Crippen LogP contribution in [0.1, 0.15) is 0 Å². The van der Waals surface area contributed by atoms with Gasteiger partial charge in [0.2, 0.25) is 5.95 Å². The third-order valence-corrected chi connectivity index (χ3v) is 0.362. The summed E-state index contributed by atoms with van der Waals surface area (Å²) in [7, 11) is 0. The fraction of sp³-hybridized carbons (Fsp3) is 0. The van der Waals surface area contributed by atoms with Gasteiger partial charge in [-0.3, -0.25) is 0 Å². The van der Waals surface area contributed by atoms with Crippen LogP contribution in [0.15, 0.2) is 0 Å². The van der Waals surface area contributed by atoms with Crippen LogP contribution in [0.3, 0.4) is 0 Å². The van der Waals surface area contributed by atoms with E-state index in [1.54, 1.807) is 0 Å². The molecule has 0 amide bonds. The average Bonchev–Trinajstić information content (AvgIpc) is 1.86. The third kappa shape index (κ3) is 1.57. The standard InChI is InChI=1S/CH3N5.Li.H/c2-1-3-5-6-4-1;;/h(H3,2,3,4,5,6);;. The Hall–Kier alpha value is -0.533. The summed E-state index contributed by atoms with van der Waals surface area (Å²) in [5.41, 5.74) is 4.99. The van der Waals surface area contributed by atoms with Crippen LogP contribution in [0, 0.1) is 0 Å². The predicted octanol–water partition coefficient (Wildman–Crippen LogP) is -1.87. The Morgan fingerprint density at radius 2 is 2.29 bits per heavy atom. The molecule has 0 aliphatic rings. The van der Waals surface area contributed by atoms with E-state index in [0.29, 0.717) is 0 Å². The molecule has 0 aliphatic carbocycles. The van der Waals surface area contributed by atoms with E-state index in [1.807, 2.05) is 0 Å².